The van der Waals surface area contributed by atoms with Gasteiger partial charge in [0.05, 0.1) is 11.1 Å². The van der Waals surface area contributed by atoms with Crippen molar-refractivity contribution in [3.05, 3.63) is 47.8 Å². The number of carbonyl (C=O) groups excluding carboxylic acids is 1. The van der Waals surface area contributed by atoms with Crippen LogP contribution in [-0.2, 0) is 4.74 Å². The molecule has 0 aliphatic carbocycles. The molecule has 0 aliphatic heterocycles. The molecule has 0 bridgehead atoms. The van der Waals surface area contributed by atoms with Gasteiger partial charge >= 0.3 is 12.0 Å². The van der Waals surface area contributed by atoms with Crippen molar-refractivity contribution in [3.8, 4) is 17.8 Å². The number of ether oxygens (including phenoxy) is 2. The van der Waals surface area contributed by atoms with E-state index >= 15 is 0 Å². The van der Waals surface area contributed by atoms with Crippen LogP contribution in [0.15, 0.2) is 36.7 Å². The zero-order chi connectivity index (χ0) is 16.2. The molecule has 0 N–H and O–H groups in total. The van der Waals surface area contributed by atoms with Gasteiger partial charge in [0.25, 0.3) is 0 Å². The molecule has 0 saturated carbocycles. The van der Waals surface area contributed by atoms with Crippen LogP contribution in [0, 0.1) is 11.3 Å². The van der Waals surface area contributed by atoms with Gasteiger partial charge in [-0.05, 0) is 45.0 Å². The van der Waals surface area contributed by atoms with Gasteiger partial charge in [0.15, 0.2) is 0 Å². The first-order chi connectivity index (χ1) is 10.4. The number of nitriles is 1. The lowest BCUT2D eigenvalue weighted by molar-refractivity contribution is 0.00688. The Hall–Kier alpha value is -2.94. The predicted octanol–water partition coefficient (Wildman–Crippen LogP) is 3.10. The number of hydrogen-bond acceptors (Lipinski definition) is 6. The number of benzene rings is 1. The van der Waals surface area contributed by atoms with Gasteiger partial charge in [-0.1, -0.05) is 0 Å². The molecule has 0 radical (unpaired) electrons. The maximum absolute atomic E-state index is 12.2. The molecule has 0 atom stereocenters. The van der Waals surface area contributed by atoms with Gasteiger partial charge in [0.2, 0.25) is 0 Å². The van der Waals surface area contributed by atoms with Crippen LogP contribution >= 0.6 is 0 Å². The molecule has 1 aromatic carbocycles. The van der Waals surface area contributed by atoms with Crippen molar-refractivity contribution in [2.24, 2.45) is 0 Å². The van der Waals surface area contributed by atoms with Crippen LogP contribution in [-0.4, -0.2) is 21.5 Å². The van der Waals surface area contributed by atoms with Crippen molar-refractivity contribution < 1.29 is 14.3 Å². The van der Waals surface area contributed by atoms with Crippen molar-refractivity contribution in [3.63, 3.8) is 0 Å². The molecule has 0 spiro atoms. The van der Waals surface area contributed by atoms with Crippen LogP contribution in [0.5, 0.6) is 11.8 Å². The van der Waals surface area contributed by atoms with E-state index in [2.05, 4.69) is 9.97 Å². The second kappa shape index (κ2) is 6.22. The fourth-order valence-corrected chi connectivity index (χ4v) is 1.63. The molecule has 6 nitrogen and oxygen atoms in total. The number of carbonyl (C=O) groups is 1. The lowest BCUT2D eigenvalue weighted by Gasteiger charge is -2.20. The Balaban J connectivity index is 2.31. The SMILES string of the molecule is CC(C)(C)OC(=O)c1cc(Oc2ncccn2)ccc1C#N. The van der Waals surface area contributed by atoms with Gasteiger partial charge in [0.1, 0.15) is 17.4 Å². The summed E-state index contributed by atoms with van der Waals surface area (Å²) in [4.78, 5) is 20.1. The van der Waals surface area contributed by atoms with Crippen molar-refractivity contribution in [1.29, 1.82) is 5.26 Å². The van der Waals surface area contributed by atoms with Crippen LogP contribution in [0.4, 0.5) is 0 Å². The van der Waals surface area contributed by atoms with E-state index in [1.54, 1.807) is 45.3 Å². The van der Waals surface area contributed by atoms with Crippen molar-refractivity contribution in [2.45, 2.75) is 26.4 Å². The van der Waals surface area contributed by atoms with Crippen LogP contribution < -0.4 is 4.74 Å². The summed E-state index contributed by atoms with van der Waals surface area (Å²) in [7, 11) is 0. The number of aromatic nitrogens is 2. The van der Waals surface area contributed by atoms with Gasteiger partial charge in [-0.25, -0.2) is 14.8 Å². The topological polar surface area (TPSA) is 85.1 Å². The first-order valence-corrected chi connectivity index (χ1v) is 6.61. The molecule has 6 heteroatoms. The zero-order valence-corrected chi connectivity index (χ0v) is 12.5. The third kappa shape index (κ3) is 4.03. The minimum atomic E-state index is -0.650. The van der Waals surface area contributed by atoms with Crippen molar-refractivity contribution in [2.75, 3.05) is 0 Å². The van der Waals surface area contributed by atoms with Gasteiger partial charge < -0.3 is 9.47 Å². The predicted molar refractivity (Wildman–Crippen MR) is 78.4 cm³/mol. The highest BCUT2D eigenvalue weighted by molar-refractivity contribution is 5.93. The molecule has 2 rings (SSSR count). The molecule has 0 aliphatic rings. The second-order valence-corrected chi connectivity index (χ2v) is 5.45. The molecule has 0 unspecified atom stereocenters. The van der Waals surface area contributed by atoms with E-state index in [0.717, 1.165) is 0 Å². The number of hydrogen-bond donors (Lipinski definition) is 0. The molecule has 0 saturated heterocycles. The molecule has 1 heterocycles. The normalized spacial score (nSPS) is 10.6. The average Bonchev–Trinajstić information content (AvgIpc) is 2.46. The highest BCUT2D eigenvalue weighted by atomic mass is 16.6. The summed E-state index contributed by atoms with van der Waals surface area (Å²) in [5.41, 5.74) is -0.287. The fourth-order valence-electron chi connectivity index (χ4n) is 1.63. The molecule has 1 aromatic heterocycles. The van der Waals surface area contributed by atoms with Gasteiger partial charge in [-0.3, -0.25) is 0 Å². The van der Waals surface area contributed by atoms with E-state index in [0.29, 0.717) is 5.75 Å². The Morgan fingerprint density at radius 1 is 1.23 bits per heavy atom. The standard InChI is InChI=1S/C16H15N3O3/c1-16(2,3)22-14(20)13-9-12(6-5-11(13)10-17)21-15-18-7-4-8-19-15/h4-9H,1-3H3. The molecule has 0 fully saturated rings. The van der Waals surface area contributed by atoms with Crippen LogP contribution in [0.25, 0.3) is 0 Å². The van der Waals surface area contributed by atoms with E-state index in [4.69, 9.17) is 14.7 Å². The first kappa shape index (κ1) is 15.4. The maximum atomic E-state index is 12.2. The largest absolute Gasteiger partial charge is 0.456 e. The van der Waals surface area contributed by atoms with Crippen LogP contribution in [0.2, 0.25) is 0 Å². The quantitative estimate of drug-likeness (QED) is 0.809. The Kier molecular flexibility index (Phi) is 4.37. The highest BCUT2D eigenvalue weighted by Crippen LogP contribution is 2.23. The second-order valence-electron chi connectivity index (χ2n) is 5.45. The summed E-state index contributed by atoms with van der Waals surface area (Å²) >= 11 is 0. The first-order valence-electron chi connectivity index (χ1n) is 6.61. The van der Waals surface area contributed by atoms with Crippen molar-refractivity contribution >= 4 is 5.97 Å². The summed E-state index contributed by atoms with van der Waals surface area (Å²) in [6, 6.07) is 8.30. The third-order valence-corrected chi connectivity index (χ3v) is 2.48. The summed E-state index contributed by atoms with van der Waals surface area (Å²) in [5.74, 6) is -0.227. The monoisotopic (exact) mass is 297 g/mol. The zero-order valence-electron chi connectivity index (χ0n) is 12.5. The Labute approximate surface area is 128 Å². The minimum absolute atomic E-state index is 0.144. The summed E-state index contributed by atoms with van der Waals surface area (Å²) < 4.78 is 10.8. The number of nitrogens with zero attached hydrogens (tertiary/aromatic N) is 3. The van der Waals surface area contributed by atoms with E-state index in [-0.39, 0.29) is 17.1 Å². The maximum Gasteiger partial charge on any atom is 0.340 e. The lowest BCUT2D eigenvalue weighted by atomic mass is 10.1. The molecular weight excluding hydrogens is 282 g/mol. The smallest absolute Gasteiger partial charge is 0.340 e. The van der Waals surface area contributed by atoms with Crippen molar-refractivity contribution in [1.82, 2.24) is 9.97 Å². The summed E-state index contributed by atoms with van der Waals surface area (Å²) in [6.45, 7) is 5.28. The Bertz CT molecular complexity index is 716. The third-order valence-electron chi connectivity index (χ3n) is 2.48. The van der Waals surface area contributed by atoms with E-state index in [9.17, 15) is 4.79 Å². The molecule has 0 amide bonds. The fraction of sp³-hybridized carbons (Fsp3) is 0.250. The minimum Gasteiger partial charge on any atom is -0.456 e. The molecule has 2 aromatic rings. The van der Waals surface area contributed by atoms with Crippen LogP contribution in [0.1, 0.15) is 36.7 Å². The summed E-state index contributed by atoms with van der Waals surface area (Å²) in [5, 5.41) is 9.12. The summed E-state index contributed by atoms with van der Waals surface area (Å²) in [6.07, 6.45) is 3.08. The van der Waals surface area contributed by atoms with E-state index in [1.807, 2.05) is 6.07 Å². The Morgan fingerprint density at radius 3 is 2.50 bits per heavy atom. The molecule has 112 valence electrons. The van der Waals surface area contributed by atoms with E-state index in [1.165, 1.54) is 12.1 Å². The lowest BCUT2D eigenvalue weighted by Crippen LogP contribution is -2.24. The number of rotatable bonds is 3. The van der Waals surface area contributed by atoms with Crippen LogP contribution in [0.3, 0.4) is 0 Å². The van der Waals surface area contributed by atoms with Gasteiger partial charge in [-0.2, -0.15) is 5.26 Å². The number of esters is 1. The molecule has 22 heavy (non-hydrogen) atoms. The van der Waals surface area contributed by atoms with Gasteiger partial charge in [-0.15, -0.1) is 0 Å². The highest BCUT2D eigenvalue weighted by Gasteiger charge is 2.21. The van der Waals surface area contributed by atoms with Gasteiger partial charge in [0, 0.05) is 12.4 Å². The average molecular weight is 297 g/mol. The van der Waals surface area contributed by atoms with E-state index < -0.39 is 11.6 Å². The Morgan fingerprint density at radius 2 is 1.91 bits per heavy atom. The molecular formula is C16H15N3O3.